The van der Waals surface area contributed by atoms with Crippen molar-refractivity contribution in [2.24, 2.45) is 0 Å². The minimum atomic E-state index is -4.42. The molecule has 1 aromatic heterocycles. The van der Waals surface area contributed by atoms with Crippen molar-refractivity contribution in [1.29, 1.82) is 0 Å². The van der Waals surface area contributed by atoms with Crippen LogP contribution in [0.25, 0.3) is 10.9 Å². The Balaban J connectivity index is 1.95. The van der Waals surface area contributed by atoms with E-state index >= 15 is 0 Å². The second-order valence-electron chi connectivity index (χ2n) is 4.82. The van der Waals surface area contributed by atoms with Crippen LogP contribution in [0.2, 0.25) is 5.02 Å². The molecule has 3 aromatic rings. The number of carbonyl (C=O) groups is 1. The van der Waals surface area contributed by atoms with E-state index < -0.39 is 11.7 Å². The lowest BCUT2D eigenvalue weighted by molar-refractivity contribution is -0.137. The first kappa shape index (κ1) is 14.7. The number of fused-ring (bicyclic) bond motifs is 1. The van der Waals surface area contributed by atoms with Crippen molar-refractivity contribution < 1.29 is 18.0 Å². The Bertz CT molecular complexity index is 850. The Morgan fingerprint density at radius 1 is 1.00 bits per heavy atom. The lowest BCUT2D eigenvalue weighted by Crippen LogP contribution is -2.06. The van der Waals surface area contributed by atoms with Crippen LogP contribution in [0.5, 0.6) is 0 Å². The highest BCUT2D eigenvalue weighted by Crippen LogP contribution is 2.29. The first-order chi connectivity index (χ1) is 10.3. The van der Waals surface area contributed by atoms with Gasteiger partial charge in [-0.15, -0.1) is 0 Å². The van der Waals surface area contributed by atoms with Crippen LogP contribution >= 0.6 is 11.6 Å². The maximum Gasteiger partial charge on any atom is 0.416 e. The zero-order valence-corrected chi connectivity index (χ0v) is 11.8. The third kappa shape index (κ3) is 2.72. The van der Waals surface area contributed by atoms with Gasteiger partial charge in [-0.25, -0.2) is 0 Å². The predicted octanol–water partition coefficient (Wildman–Crippen LogP) is 5.07. The zero-order chi connectivity index (χ0) is 15.9. The van der Waals surface area contributed by atoms with Gasteiger partial charge in [0.15, 0.2) is 0 Å². The highest BCUT2D eigenvalue weighted by Gasteiger charge is 2.30. The normalized spacial score (nSPS) is 11.8. The topological polar surface area (TPSA) is 32.9 Å². The number of aromatic amines is 1. The van der Waals surface area contributed by atoms with Gasteiger partial charge in [0.2, 0.25) is 5.78 Å². The van der Waals surface area contributed by atoms with E-state index in [2.05, 4.69) is 4.98 Å². The molecule has 0 radical (unpaired) electrons. The maximum atomic E-state index is 12.5. The molecule has 0 atom stereocenters. The van der Waals surface area contributed by atoms with Crippen LogP contribution in [0, 0.1) is 0 Å². The van der Waals surface area contributed by atoms with Crippen molar-refractivity contribution in [3.05, 3.63) is 70.4 Å². The van der Waals surface area contributed by atoms with Crippen molar-refractivity contribution in [1.82, 2.24) is 4.98 Å². The summed E-state index contributed by atoms with van der Waals surface area (Å²) in [6.45, 7) is 0. The maximum absolute atomic E-state index is 12.5. The molecular formula is C16H9ClF3NO. The molecule has 0 aliphatic carbocycles. The van der Waals surface area contributed by atoms with Crippen LogP contribution in [0.1, 0.15) is 21.6 Å². The lowest BCUT2D eigenvalue weighted by atomic mass is 10.1. The molecule has 0 saturated heterocycles. The fraction of sp³-hybridized carbons (Fsp3) is 0.0625. The molecule has 0 aliphatic rings. The van der Waals surface area contributed by atoms with E-state index in [0.29, 0.717) is 16.2 Å². The average molecular weight is 324 g/mol. The molecule has 0 saturated carbocycles. The summed E-state index contributed by atoms with van der Waals surface area (Å²) in [4.78, 5) is 15.2. The van der Waals surface area contributed by atoms with E-state index in [1.54, 1.807) is 24.3 Å². The number of aromatic nitrogens is 1. The number of H-pyrrole nitrogens is 1. The summed E-state index contributed by atoms with van der Waals surface area (Å²) >= 11 is 5.87. The van der Waals surface area contributed by atoms with Gasteiger partial charge in [0.05, 0.1) is 11.3 Å². The number of alkyl halides is 3. The van der Waals surface area contributed by atoms with Gasteiger partial charge in [-0.05, 0) is 30.3 Å². The second-order valence-corrected chi connectivity index (χ2v) is 5.26. The molecule has 0 spiro atoms. The van der Waals surface area contributed by atoms with Crippen LogP contribution in [0.15, 0.2) is 48.5 Å². The highest BCUT2D eigenvalue weighted by atomic mass is 35.5. The molecule has 2 aromatic carbocycles. The van der Waals surface area contributed by atoms with Crippen LogP contribution in [0.4, 0.5) is 13.2 Å². The summed E-state index contributed by atoms with van der Waals surface area (Å²) < 4.78 is 37.6. The van der Waals surface area contributed by atoms with Gasteiger partial charge in [-0.1, -0.05) is 29.8 Å². The van der Waals surface area contributed by atoms with Crippen LogP contribution in [-0.2, 0) is 6.18 Å². The summed E-state index contributed by atoms with van der Waals surface area (Å²) in [5.74, 6) is -0.374. The first-order valence-electron chi connectivity index (χ1n) is 6.35. The van der Waals surface area contributed by atoms with Gasteiger partial charge in [0.25, 0.3) is 0 Å². The van der Waals surface area contributed by atoms with Gasteiger partial charge in [0, 0.05) is 21.5 Å². The number of benzene rings is 2. The van der Waals surface area contributed by atoms with Gasteiger partial charge >= 0.3 is 6.18 Å². The second kappa shape index (κ2) is 5.18. The molecule has 22 heavy (non-hydrogen) atoms. The first-order valence-corrected chi connectivity index (χ1v) is 6.72. The number of nitrogens with one attached hydrogen (secondary N) is 1. The number of rotatable bonds is 2. The summed E-state index contributed by atoms with van der Waals surface area (Å²) in [6.07, 6.45) is -4.42. The van der Waals surface area contributed by atoms with E-state index in [1.807, 2.05) is 0 Å². The largest absolute Gasteiger partial charge is 0.416 e. The predicted molar refractivity (Wildman–Crippen MR) is 78.2 cm³/mol. The summed E-state index contributed by atoms with van der Waals surface area (Å²) in [6, 6.07) is 10.9. The van der Waals surface area contributed by atoms with Crippen molar-refractivity contribution in [3.8, 4) is 0 Å². The van der Waals surface area contributed by atoms with E-state index in [0.717, 1.165) is 17.5 Å². The lowest BCUT2D eigenvalue weighted by Gasteiger charge is -2.06. The number of halogens is 4. The van der Waals surface area contributed by atoms with Gasteiger partial charge in [0.1, 0.15) is 0 Å². The molecule has 1 N–H and O–H groups in total. The monoisotopic (exact) mass is 323 g/mol. The SMILES string of the molecule is O=C(c1ccc(C(F)(F)F)cc1)c1cc2ccc(Cl)cc2[nH]1. The molecule has 0 fully saturated rings. The van der Waals surface area contributed by atoms with Crippen molar-refractivity contribution in [2.75, 3.05) is 0 Å². The number of hydrogen-bond acceptors (Lipinski definition) is 1. The summed E-state index contributed by atoms with van der Waals surface area (Å²) in [7, 11) is 0. The molecule has 0 bridgehead atoms. The van der Waals surface area contributed by atoms with Crippen molar-refractivity contribution in [3.63, 3.8) is 0 Å². The highest BCUT2D eigenvalue weighted by molar-refractivity contribution is 6.31. The third-order valence-electron chi connectivity index (χ3n) is 3.30. The van der Waals surface area contributed by atoms with E-state index in [9.17, 15) is 18.0 Å². The van der Waals surface area contributed by atoms with Gasteiger partial charge in [-0.2, -0.15) is 13.2 Å². The molecule has 2 nitrogen and oxygen atoms in total. The smallest absolute Gasteiger partial charge is 0.352 e. The van der Waals surface area contributed by atoms with E-state index in [4.69, 9.17) is 11.6 Å². The third-order valence-corrected chi connectivity index (χ3v) is 3.54. The Labute approximate surface area is 128 Å². The van der Waals surface area contributed by atoms with E-state index in [-0.39, 0.29) is 11.3 Å². The molecule has 6 heteroatoms. The van der Waals surface area contributed by atoms with Crippen molar-refractivity contribution in [2.45, 2.75) is 6.18 Å². The standard InChI is InChI=1S/C16H9ClF3NO/c17-12-6-3-10-7-14(21-13(10)8-12)15(22)9-1-4-11(5-2-9)16(18,19)20/h1-8,21H. The Morgan fingerprint density at radius 2 is 1.68 bits per heavy atom. The number of carbonyl (C=O) groups excluding carboxylic acids is 1. The van der Waals surface area contributed by atoms with Crippen LogP contribution in [0.3, 0.4) is 0 Å². The Morgan fingerprint density at radius 3 is 2.32 bits per heavy atom. The molecule has 0 amide bonds. The number of hydrogen-bond donors (Lipinski definition) is 1. The van der Waals surface area contributed by atoms with E-state index in [1.165, 1.54) is 12.1 Å². The average Bonchev–Trinajstić information content (AvgIpc) is 2.88. The Kier molecular flexibility index (Phi) is 3.45. The minimum absolute atomic E-state index is 0.186. The number of ketones is 1. The molecular weight excluding hydrogens is 315 g/mol. The summed E-state index contributed by atoms with van der Waals surface area (Å²) in [5, 5.41) is 1.34. The molecule has 0 aliphatic heterocycles. The fourth-order valence-corrected chi connectivity index (χ4v) is 2.36. The Hall–Kier alpha value is -2.27. The van der Waals surface area contributed by atoms with Crippen LogP contribution in [-0.4, -0.2) is 10.8 Å². The zero-order valence-electron chi connectivity index (χ0n) is 11.0. The molecule has 0 unspecified atom stereocenters. The quantitative estimate of drug-likeness (QED) is 0.656. The van der Waals surface area contributed by atoms with Gasteiger partial charge < -0.3 is 4.98 Å². The minimum Gasteiger partial charge on any atom is -0.352 e. The van der Waals surface area contributed by atoms with Gasteiger partial charge in [-0.3, -0.25) is 4.79 Å². The van der Waals surface area contributed by atoms with Crippen molar-refractivity contribution >= 4 is 28.3 Å². The molecule has 3 rings (SSSR count). The molecule has 1 heterocycles. The fourth-order valence-electron chi connectivity index (χ4n) is 2.19. The summed E-state index contributed by atoms with van der Waals surface area (Å²) in [5.41, 5.74) is 0.401. The molecule has 112 valence electrons. The van der Waals surface area contributed by atoms with Crippen LogP contribution < -0.4 is 0 Å².